The number of anilines is 1. The van der Waals surface area contributed by atoms with Crippen molar-refractivity contribution in [2.24, 2.45) is 11.3 Å². The number of nitrogens with one attached hydrogen (secondary N) is 2. The molecule has 6 aliphatic rings. The Bertz CT molecular complexity index is 2290. The van der Waals surface area contributed by atoms with Gasteiger partial charge in [-0.05, 0) is 88.1 Å². The van der Waals surface area contributed by atoms with Gasteiger partial charge in [0.2, 0.25) is 12.3 Å². The third-order valence-corrected chi connectivity index (χ3v) is 15.8. The zero-order chi connectivity index (χ0) is 42.6. The van der Waals surface area contributed by atoms with Crippen molar-refractivity contribution in [2.45, 2.75) is 119 Å². The molecule has 13 heteroatoms. The molecule has 1 saturated carbocycles. The van der Waals surface area contributed by atoms with E-state index in [4.69, 9.17) is 9.47 Å². The number of aromatic amines is 1. The molecule has 5 aliphatic heterocycles. The summed E-state index contributed by atoms with van der Waals surface area (Å²) in [7, 11) is 1.56. The largest absolute Gasteiger partial charge is 0.496 e. The summed E-state index contributed by atoms with van der Waals surface area (Å²) in [5, 5.41) is 29.4. The van der Waals surface area contributed by atoms with E-state index in [1.54, 1.807) is 13.2 Å². The minimum atomic E-state index is -2.31. The molecule has 60 heavy (non-hydrogen) atoms. The molecule has 2 amide bonds. The highest BCUT2D eigenvalue weighted by Crippen LogP contribution is 2.68. The Morgan fingerprint density at radius 1 is 1.03 bits per heavy atom. The van der Waals surface area contributed by atoms with E-state index in [1.807, 2.05) is 57.2 Å². The second-order valence-corrected chi connectivity index (χ2v) is 18.7. The smallest absolute Gasteiger partial charge is 0.303 e. The fourth-order valence-corrected chi connectivity index (χ4v) is 13.5. The molecule has 0 radical (unpaired) electrons. The number of aldehydes is 1. The van der Waals surface area contributed by atoms with Gasteiger partial charge in [-0.2, -0.15) is 0 Å². The summed E-state index contributed by atoms with van der Waals surface area (Å²) >= 11 is 0. The van der Waals surface area contributed by atoms with Gasteiger partial charge in [-0.15, -0.1) is 0 Å². The maximum Gasteiger partial charge on any atom is 0.303 e. The molecule has 320 valence electrons. The Hall–Kier alpha value is -4.56. The molecule has 2 saturated heterocycles. The van der Waals surface area contributed by atoms with Gasteiger partial charge >= 0.3 is 5.97 Å². The normalized spacial score (nSPS) is 37.8. The number of piperidine rings is 1. The van der Waals surface area contributed by atoms with E-state index < -0.39 is 51.6 Å². The number of hydrogen-bond acceptors (Lipinski definition) is 10. The number of H-pyrrole nitrogens is 1. The Balaban J connectivity index is 1.38. The van der Waals surface area contributed by atoms with Crippen LogP contribution in [0.2, 0.25) is 0 Å². The topological polar surface area (TPSA) is 165 Å². The van der Waals surface area contributed by atoms with Gasteiger partial charge in [0.1, 0.15) is 17.3 Å². The van der Waals surface area contributed by atoms with Crippen LogP contribution in [0.5, 0.6) is 5.75 Å². The van der Waals surface area contributed by atoms with Gasteiger partial charge in [0.25, 0.3) is 0 Å². The molecule has 9 rings (SSSR count). The van der Waals surface area contributed by atoms with Crippen LogP contribution < -0.4 is 15.0 Å². The molecular weight excluding hydrogens is 763 g/mol. The van der Waals surface area contributed by atoms with Crippen LogP contribution >= 0.6 is 0 Å². The third kappa shape index (κ3) is 5.30. The van der Waals surface area contributed by atoms with Crippen molar-refractivity contribution in [3.05, 3.63) is 70.9 Å². The highest BCUT2D eigenvalue weighted by atomic mass is 16.6. The van der Waals surface area contributed by atoms with Crippen LogP contribution in [0, 0.1) is 11.3 Å². The number of hydrogen-bond donors (Lipinski definition) is 4. The first-order valence-corrected chi connectivity index (χ1v) is 21.8. The molecule has 1 spiro atoms. The SMILES string of the molecule is CCNC(=O)[C@]1(c2cc3c(cc2OC)N(C=O)[C@H]2[C@@](O)(C=O)[C@H](OC(C)=O)[C@]4(CC)C=CCN5CC[C@]32[C@@H]54)C[C@H]2CN(C[C@](O)(CC)C2)[C@H](C)Cc2c1[nH]c1ccccc21. The number of nitrogens with zero attached hydrogens (tertiary/aromatic N) is 3. The number of fused-ring (bicyclic) bond motifs is 6. The van der Waals surface area contributed by atoms with Gasteiger partial charge in [0, 0.05) is 84.2 Å². The van der Waals surface area contributed by atoms with E-state index >= 15 is 4.79 Å². The highest BCUT2D eigenvalue weighted by Gasteiger charge is 2.78. The standard InChI is InChI=1S/C47H59N5O8/c1-7-43(57)22-30-23-46(42(56)48-9-3,38-32(19-28(4)51(24-30)25-43)31-13-10-11-14-35(31)49-38)34-20-33-36(21-37(34)59-6)52(27-54)40-45(33)16-18-50-17-12-15-44(8-2,39(45)50)41(60-29(5)55)47(40,58)26-53/h10-15,20-21,26-28,30,39-41,49,57-58H,7-9,16-19,22-25H2,1-6H3,(H,48,56)/t28-,30+,39+,40-,41-,43+,44-,45-,46+,47+/m1/s1. The van der Waals surface area contributed by atoms with E-state index in [0.29, 0.717) is 101 Å². The average molecular weight is 822 g/mol. The molecule has 4 N–H and O–H groups in total. The lowest BCUT2D eigenvalue weighted by Gasteiger charge is -2.63. The van der Waals surface area contributed by atoms with Crippen LogP contribution in [0.25, 0.3) is 10.9 Å². The molecule has 6 heterocycles. The molecule has 1 aromatic heterocycles. The van der Waals surface area contributed by atoms with Crippen molar-refractivity contribution in [1.82, 2.24) is 20.1 Å². The summed E-state index contributed by atoms with van der Waals surface area (Å²) in [4.78, 5) is 65.9. The maximum atomic E-state index is 15.7. The number of benzene rings is 2. The van der Waals surface area contributed by atoms with Crippen molar-refractivity contribution in [2.75, 3.05) is 44.7 Å². The Morgan fingerprint density at radius 3 is 2.50 bits per heavy atom. The molecule has 11 atom stereocenters. The molecule has 3 fully saturated rings. The second kappa shape index (κ2) is 14.3. The lowest BCUT2D eigenvalue weighted by molar-refractivity contribution is -0.211. The van der Waals surface area contributed by atoms with E-state index in [9.17, 15) is 24.6 Å². The summed E-state index contributed by atoms with van der Waals surface area (Å²) in [5.74, 6) is -0.575. The fourth-order valence-electron chi connectivity index (χ4n) is 13.5. The number of amides is 2. The predicted octanol–water partition coefficient (Wildman–Crippen LogP) is 3.90. The van der Waals surface area contributed by atoms with E-state index in [0.717, 1.165) is 27.7 Å². The van der Waals surface area contributed by atoms with E-state index in [2.05, 4.69) is 33.1 Å². The maximum absolute atomic E-state index is 15.7. The first kappa shape index (κ1) is 40.8. The zero-order valence-corrected chi connectivity index (χ0v) is 35.6. The Morgan fingerprint density at radius 2 is 1.82 bits per heavy atom. The number of methoxy groups -OCH3 is 1. The Kier molecular flexibility index (Phi) is 9.70. The van der Waals surface area contributed by atoms with Gasteiger partial charge < -0.3 is 34.9 Å². The molecular formula is C47H59N5O8. The number of rotatable bonds is 9. The van der Waals surface area contributed by atoms with Crippen LogP contribution in [-0.4, -0.2) is 125 Å². The van der Waals surface area contributed by atoms with Crippen LogP contribution in [-0.2, 0) is 41.2 Å². The van der Waals surface area contributed by atoms with Crippen molar-refractivity contribution in [3.8, 4) is 5.75 Å². The summed E-state index contributed by atoms with van der Waals surface area (Å²) in [6, 6.07) is 10.5. The van der Waals surface area contributed by atoms with Crippen LogP contribution in [0.4, 0.5) is 5.69 Å². The second-order valence-electron chi connectivity index (χ2n) is 18.7. The Labute approximate surface area is 351 Å². The van der Waals surface area contributed by atoms with E-state index in [1.165, 1.54) is 11.8 Å². The zero-order valence-electron chi connectivity index (χ0n) is 35.6. The number of ether oxygens (including phenoxy) is 2. The molecule has 13 nitrogen and oxygen atoms in total. The van der Waals surface area contributed by atoms with Crippen molar-refractivity contribution < 1.29 is 38.9 Å². The van der Waals surface area contributed by atoms with Crippen molar-refractivity contribution >= 4 is 41.2 Å². The fraction of sp³-hybridized carbons (Fsp3) is 0.574. The van der Waals surface area contributed by atoms with Crippen LogP contribution in [0.1, 0.15) is 89.1 Å². The first-order chi connectivity index (χ1) is 28.7. The summed E-state index contributed by atoms with van der Waals surface area (Å²) < 4.78 is 12.4. The minimum Gasteiger partial charge on any atom is -0.496 e. The number of esters is 1. The number of carbonyl (C=O) groups is 4. The third-order valence-electron chi connectivity index (χ3n) is 15.8. The minimum absolute atomic E-state index is 0.0519. The summed E-state index contributed by atoms with van der Waals surface area (Å²) in [5.41, 5.74) is -2.16. The lowest BCUT2D eigenvalue weighted by atomic mass is 9.48. The van der Waals surface area contributed by atoms with Gasteiger partial charge in [0.15, 0.2) is 11.9 Å². The van der Waals surface area contributed by atoms with Gasteiger partial charge in [-0.25, -0.2) is 0 Å². The molecule has 1 unspecified atom stereocenters. The number of carbonyl (C=O) groups excluding carboxylic acids is 4. The molecule has 3 aromatic rings. The molecule has 1 aliphatic carbocycles. The lowest BCUT2D eigenvalue weighted by Crippen LogP contribution is -2.80. The van der Waals surface area contributed by atoms with Gasteiger partial charge in [-0.1, -0.05) is 44.2 Å². The monoisotopic (exact) mass is 821 g/mol. The van der Waals surface area contributed by atoms with Gasteiger partial charge in [-0.3, -0.25) is 29.0 Å². The van der Waals surface area contributed by atoms with Gasteiger partial charge in [0.05, 0.1) is 24.4 Å². The predicted molar refractivity (Wildman–Crippen MR) is 226 cm³/mol. The quantitative estimate of drug-likeness (QED) is 0.142. The number of aromatic nitrogens is 1. The first-order valence-electron chi connectivity index (χ1n) is 21.8. The highest BCUT2D eigenvalue weighted by molar-refractivity contribution is 5.98. The van der Waals surface area contributed by atoms with Crippen molar-refractivity contribution in [3.63, 3.8) is 0 Å². The number of aliphatic hydroxyl groups is 2. The summed E-state index contributed by atoms with van der Waals surface area (Å²) in [6.45, 7) is 12.2. The molecule has 2 bridgehead atoms. The molecule has 2 aromatic carbocycles. The number of likely N-dealkylation sites (N-methyl/N-ethyl adjacent to an activating group) is 1. The summed E-state index contributed by atoms with van der Waals surface area (Å²) in [6.07, 6.45) is 6.86. The van der Waals surface area contributed by atoms with Crippen molar-refractivity contribution in [1.29, 1.82) is 0 Å². The van der Waals surface area contributed by atoms with E-state index in [-0.39, 0.29) is 17.9 Å². The van der Waals surface area contributed by atoms with Crippen LogP contribution in [0.15, 0.2) is 48.6 Å². The van der Waals surface area contributed by atoms with Crippen LogP contribution in [0.3, 0.4) is 0 Å². The number of para-hydroxylation sites is 1. The average Bonchev–Trinajstić information content (AvgIpc) is 3.91.